The first-order chi connectivity index (χ1) is 15.0. The second-order valence-electron chi connectivity index (χ2n) is 7.38. The highest BCUT2D eigenvalue weighted by Gasteiger charge is 2.17. The van der Waals surface area contributed by atoms with Gasteiger partial charge in [0.25, 0.3) is 0 Å². The molecule has 0 unspecified atom stereocenters. The Balaban J connectivity index is 1.71. The maximum absolute atomic E-state index is 6.29. The number of rotatable bonds is 7. The Kier molecular flexibility index (Phi) is 6.40. The van der Waals surface area contributed by atoms with Crippen molar-refractivity contribution in [3.05, 3.63) is 87.2 Å². The molecule has 0 radical (unpaired) electrons. The first kappa shape index (κ1) is 21.5. The van der Waals surface area contributed by atoms with Crippen LogP contribution in [-0.4, -0.2) is 16.2 Å². The fraction of sp³-hybridized carbons (Fsp3) is 0.240. The highest BCUT2D eigenvalue weighted by molar-refractivity contribution is 6.42. The summed E-state index contributed by atoms with van der Waals surface area (Å²) in [4.78, 5) is 4.63. The van der Waals surface area contributed by atoms with Crippen molar-refractivity contribution in [2.75, 3.05) is 6.61 Å². The Hall–Kier alpha value is -2.69. The van der Waals surface area contributed by atoms with Crippen LogP contribution in [0.1, 0.15) is 29.3 Å². The van der Waals surface area contributed by atoms with E-state index in [1.807, 2.05) is 55.5 Å². The number of hydrogen-bond donors (Lipinski definition) is 0. The van der Waals surface area contributed by atoms with E-state index in [0.29, 0.717) is 29.8 Å². The van der Waals surface area contributed by atoms with E-state index in [0.717, 1.165) is 44.9 Å². The number of hydrogen-bond acceptors (Lipinski definition) is 3. The van der Waals surface area contributed by atoms with Crippen molar-refractivity contribution in [1.82, 2.24) is 9.55 Å². The molecule has 2 aromatic carbocycles. The van der Waals surface area contributed by atoms with Crippen LogP contribution in [0.5, 0.6) is 11.5 Å². The molecule has 0 fully saturated rings. The Bertz CT molecular complexity index is 1230. The van der Waals surface area contributed by atoms with Gasteiger partial charge in [0.05, 0.1) is 22.2 Å². The molecule has 2 heterocycles. The minimum atomic E-state index is 0.408. The summed E-state index contributed by atoms with van der Waals surface area (Å²) in [6.07, 6.45) is 1.79. The largest absolute Gasteiger partial charge is 0.493 e. The summed E-state index contributed by atoms with van der Waals surface area (Å²) < 4.78 is 14.3. The molecule has 4 nitrogen and oxygen atoms in total. The van der Waals surface area contributed by atoms with Gasteiger partial charge in [-0.2, -0.15) is 0 Å². The van der Waals surface area contributed by atoms with E-state index in [1.54, 1.807) is 6.20 Å². The Labute approximate surface area is 192 Å². The smallest absolute Gasteiger partial charge is 0.147 e. The quantitative estimate of drug-likeness (QED) is 0.302. The molecule has 0 N–H and O–H groups in total. The second kappa shape index (κ2) is 9.21. The average Bonchev–Trinajstić information content (AvgIpc) is 3.01. The van der Waals surface area contributed by atoms with Gasteiger partial charge < -0.3 is 14.0 Å². The molecular weight excluding hydrogens is 431 g/mol. The van der Waals surface area contributed by atoms with Crippen molar-refractivity contribution < 1.29 is 9.47 Å². The third-order valence-electron chi connectivity index (χ3n) is 5.44. The minimum Gasteiger partial charge on any atom is -0.493 e. The molecule has 0 amide bonds. The van der Waals surface area contributed by atoms with Gasteiger partial charge in [-0.15, -0.1) is 0 Å². The molecule has 160 valence electrons. The topological polar surface area (TPSA) is 36.3 Å². The van der Waals surface area contributed by atoms with Crippen molar-refractivity contribution in [1.29, 1.82) is 0 Å². The summed E-state index contributed by atoms with van der Waals surface area (Å²) in [6, 6.07) is 15.6. The number of aromatic nitrogens is 2. The molecule has 6 heteroatoms. The van der Waals surface area contributed by atoms with Crippen molar-refractivity contribution in [3.8, 4) is 11.5 Å². The summed E-state index contributed by atoms with van der Waals surface area (Å²) in [6.45, 7) is 7.83. The third kappa shape index (κ3) is 4.36. The maximum atomic E-state index is 6.29. The summed E-state index contributed by atoms with van der Waals surface area (Å²) in [7, 11) is 0. The molecule has 31 heavy (non-hydrogen) atoms. The maximum Gasteiger partial charge on any atom is 0.147 e. The van der Waals surface area contributed by atoms with E-state index in [9.17, 15) is 0 Å². The van der Waals surface area contributed by atoms with Crippen molar-refractivity contribution >= 4 is 34.2 Å². The first-order valence-corrected chi connectivity index (χ1v) is 11.0. The number of halogens is 2. The first-order valence-electron chi connectivity index (χ1n) is 10.2. The van der Waals surface area contributed by atoms with E-state index in [1.165, 1.54) is 0 Å². The average molecular weight is 455 g/mol. The zero-order valence-electron chi connectivity index (χ0n) is 17.8. The molecule has 0 atom stereocenters. The lowest BCUT2D eigenvalue weighted by Gasteiger charge is -2.14. The van der Waals surface area contributed by atoms with E-state index < -0.39 is 0 Å². The number of fused-ring (bicyclic) bond motifs is 1. The molecule has 4 rings (SSSR count). The molecule has 0 spiro atoms. The fourth-order valence-electron chi connectivity index (χ4n) is 3.72. The highest BCUT2D eigenvalue weighted by atomic mass is 35.5. The molecule has 0 bridgehead atoms. The van der Waals surface area contributed by atoms with Gasteiger partial charge in [0.2, 0.25) is 0 Å². The summed E-state index contributed by atoms with van der Waals surface area (Å²) in [5.74, 6) is 1.63. The van der Waals surface area contributed by atoms with Gasteiger partial charge in [-0.05, 0) is 50.1 Å². The lowest BCUT2D eigenvalue weighted by atomic mass is 10.2. The fourth-order valence-corrected chi connectivity index (χ4v) is 4.04. The minimum absolute atomic E-state index is 0.408. The number of pyridine rings is 1. The predicted molar refractivity (Wildman–Crippen MR) is 127 cm³/mol. The summed E-state index contributed by atoms with van der Waals surface area (Å²) in [5.41, 5.74) is 6.25. The van der Waals surface area contributed by atoms with Crippen LogP contribution in [0.3, 0.4) is 0 Å². The van der Waals surface area contributed by atoms with Crippen molar-refractivity contribution in [2.24, 2.45) is 0 Å². The van der Waals surface area contributed by atoms with Crippen LogP contribution in [0.25, 0.3) is 11.0 Å². The molecule has 2 aromatic heterocycles. The van der Waals surface area contributed by atoms with E-state index in [2.05, 4.69) is 23.4 Å². The van der Waals surface area contributed by atoms with Crippen molar-refractivity contribution in [2.45, 2.75) is 33.9 Å². The SMILES string of the molecule is CCOc1ccccc1COc1ccnc2c(C)c(C)n(Cc3ccc(Cl)c(Cl)c3)c12. The van der Waals surface area contributed by atoms with Gasteiger partial charge in [-0.1, -0.05) is 47.5 Å². The summed E-state index contributed by atoms with van der Waals surface area (Å²) >= 11 is 12.3. The lowest BCUT2D eigenvalue weighted by molar-refractivity contribution is 0.288. The van der Waals surface area contributed by atoms with Crippen LogP contribution < -0.4 is 9.47 Å². The zero-order valence-corrected chi connectivity index (χ0v) is 19.3. The molecule has 4 aromatic rings. The number of aryl methyl sites for hydroxylation is 1. The van der Waals surface area contributed by atoms with Crippen LogP contribution in [0.2, 0.25) is 10.0 Å². The standard InChI is InChI=1S/C25H24Cl2N2O2/c1-4-30-22-8-6-5-7-19(22)15-31-23-11-12-28-24-16(2)17(3)29(25(23)24)14-18-9-10-20(26)21(27)13-18/h5-13H,4,14-15H2,1-3H3. The molecule has 0 aliphatic rings. The molecule has 0 aliphatic heterocycles. The number of nitrogens with zero attached hydrogens (tertiary/aromatic N) is 2. The Morgan fingerprint density at radius 1 is 0.935 bits per heavy atom. The molecule has 0 saturated heterocycles. The Morgan fingerprint density at radius 3 is 2.52 bits per heavy atom. The lowest BCUT2D eigenvalue weighted by Crippen LogP contribution is -2.05. The van der Waals surface area contributed by atoms with Crippen LogP contribution in [-0.2, 0) is 13.2 Å². The van der Waals surface area contributed by atoms with Crippen LogP contribution >= 0.6 is 23.2 Å². The zero-order chi connectivity index (χ0) is 22.0. The predicted octanol–water partition coefficient (Wildman–Crippen LogP) is 6.99. The second-order valence-corrected chi connectivity index (χ2v) is 8.20. The van der Waals surface area contributed by atoms with Crippen LogP contribution in [0, 0.1) is 13.8 Å². The van der Waals surface area contributed by atoms with Gasteiger partial charge in [-0.25, -0.2) is 0 Å². The Morgan fingerprint density at radius 2 is 1.74 bits per heavy atom. The van der Waals surface area contributed by atoms with Crippen LogP contribution in [0.4, 0.5) is 0 Å². The van der Waals surface area contributed by atoms with Gasteiger partial charge in [0.1, 0.15) is 23.6 Å². The molecule has 0 aliphatic carbocycles. The number of benzene rings is 2. The van der Waals surface area contributed by atoms with Gasteiger partial charge >= 0.3 is 0 Å². The van der Waals surface area contributed by atoms with Crippen LogP contribution in [0.15, 0.2) is 54.7 Å². The number of para-hydroxylation sites is 1. The van der Waals surface area contributed by atoms with Crippen molar-refractivity contribution in [3.63, 3.8) is 0 Å². The molecule has 0 saturated carbocycles. The molecular formula is C25H24Cl2N2O2. The van der Waals surface area contributed by atoms with E-state index >= 15 is 0 Å². The summed E-state index contributed by atoms with van der Waals surface area (Å²) in [5, 5.41) is 1.10. The number of ether oxygens (including phenoxy) is 2. The van der Waals surface area contributed by atoms with E-state index in [-0.39, 0.29) is 0 Å². The van der Waals surface area contributed by atoms with Gasteiger partial charge in [-0.3, -0.25) is 4.98 Å². The third-order valence-corrected chi connectivity index (χ3v) is 6.18. The van der Waals surface area contributed by atoms with E-state index in [4.69, 9.17) is 32.7 Å². The highest BCUT2D eigenvalue weighted by Crippen LogP contribution is 2.33. The van der Waals surface area contributed by atoms with Gasteiger partial charge in [0, 0.05) is 30.1 Å². The van der Waals surface area contributed by atoms with Gasteiger partial charge in [0.15, 0.2) is 0 Å². The normalized spacial score (nSPS) is 11.1. The monoisotopic (exact) mass is 454 g/mol.